The van der Waals surface area contributed by atoms with Crippen LogP contribution in [0.25, 0.3) is 110 Å². The van der Waals surface area contributed by atoms with E-state index in [1.807, 2.05) is 12.4 Å². The van der Waals surface area contributed by atoms with Crippen molar-refractivity contribution in [1.29, 1.82) is 0 Å². The van der Waals surface area contributed by atoms with Gasteiger partial charge in [-0.3, -0.25) is 9.97 Å². The molecule has 0 radical (unpaired) electrons. The maximum atomic E-state index is 6.83. The zero-order valence-corrected chi connectivity index (χ0v) is 26.1. The van der Waals surface area contributed by atoms with E-state index in [0.29, 0.717) is 0 Å². The number of nitrogens with zero attached hydrogens (tertiary/aromatic N) is 4. The summed E-state index contributed by atoms with van der Waals surface area (Å²) in [6.45, 7) is 0. The lowest BCUT2D eigenvalue weighted by molar-refractivity contribution is 0.670. The van der Waals surface area contributed by atoms with Gasteiger partial charge in [-0.05, 0) is 33.7 Å². The average Bonchev–Trinajstić information content (AvgIpc) is 3.57. The number of hydrogen-bond donors (Lipinski definition) is 0. The van der Waals surface area contributed by atoms with Crippen molar-refractivity contribution in [3.8, 4) is 22.5 Å². The van der Waals surface area contributed by atoms with Crippen molar-refractivity contribution in [2.24, 2.45) is 0 Å². The zero-order valence-electron chi connectivity index (χ0n) is 26.1. The van der Waals surface area contributed by atoms with Crippen molar-refractivity contribution >= 4 is 87.1 Å². The van der Waals surface area contributed by atoms with Gasteiger partial charge in [-0.1, -0.05) is 121 Å². The van der Waals surface area contributed by atoms with Crippen LogP contribution in [0.15, 0.2) is 150 Å². The van der Waals surface area contributed by atoms with Crippen molar-refractivity contribution in [3.05, 3.63) is 146 Å². The van der Waals surface area contributed by atoms with Crippen LogP contribution in [0.5, 0.6) is 0 Å². The van der Waals surface area contributed by atoms with Gasteiger partial charge >= 0.3 is 0 Å². The number of aromatic nitrogens is 4. The third kappa shape index (κ3) is 3.70. The van der Waals surface area contributed by atoms with Crippen LogP contribution in [0.4, 0.5) is 0 Å². The first-order chi connectivity index (χ1) is 24.3. The van der Waals surface area contributed by atoms with Gasteiger partial charge in [-0.15, -0.1) is 0 Å². The topological polar surface area (TPSA) is 64.7 Å². The zero-order chi connectivity index (χ0) is 32.1. The second-order valence-corrected chi connectivity index (χ2v) is 12.6. The average molecular weight is 625 g/mol. The molecule has 0 N–H and O–H groups in total. The van der Waals surface area contributed by atoms with Crippen molar-refractivity contribution in [1.82, 2.24) is 19.9 Å². The normalized spacial score (nSPS) is 12.1. The first-order valence-corrected chi connectivity index (χ1v) is 16.4. The summed E-state index contributed by atoms with van der Waals surface area (Å²) in [7, 11) is 0. The third-order valence-electron chi connectivity index (χ3n) is 9.93. The highest BCUT2D eigenvalue weighted by Crippen LogP contribution is 2.41. The second kappa shape index (κ2) is 9.89. The van der Waals surface area contributed by atoms with Crippen LogP contribution in [0.3, 0.4) is 0 Å². The Labute approximate surface area is 279 Å². The minimum atomic E-state index is 0.767. The minimum Gasteiger partial charge on any atom is -0.455 e. The Kier molecular flexibility index (Phi) is 5.32. The fourth-order valence-electron chi connectivity index (χ4n) is 7.73. The summed E-state index contributed by atoms with van der Waals surface area (Å²) in [6.07, 6.45) is 3.74. The molecule has 49 heavy (non-hydrogen) atoms. The van der Waals surface area contributed by atoms with Crippen LogP contribution in [0.1, 0.15) is 0 Å². The van der Waals surface area contributed by atoms with Crippen molar-refractivity contribution in [3.63, 3.8) is 0 Å². The van der Waals surface area contributed by atoms with E-state index in [2.05, 4.69) is 133 Å². The van der Waals surface area contributed by atoms with E-state index in [4.69, 9.17) is 24.4 Å². The van der Waals surface area contributed by atoms with E-state index in [0.717, 1.165) is 88.1 Å². The molecule has 0 saturated carbocycles. The molecule has 226 valence electrons. The summed E-state index contributed by atoms with van der Waals surface area (Å²) >= 11 is 0. The van der Waals surface area contributed by atoms with Crippen LogP contribution in [-0.2, 0) is 0 Å². The van der Waals surface area contributed by atoms with E-state index in [-0.39, 0.29) is 0 Å². The predicted octanol–water partition coefficient (Wildman–Crippen LogP) is 11.4. The summed E-state index contributed by atoms with van der Waals surface area (Å²) in [6, 6.07) is 46.2. The molecule has 3 aromatic heterocycles. The smallest absolute Gasteiger partial charge is 0.144 e. The molecule has 0 saturated heterocycles. The van der Waals surface area contributed by atoms with E-state index in [1.54, 1.807) is 0 Å². The standard InChI is InChI=1S/C44H24N4O/c1-5-15-29-25(11-1)27-13-3-7-17-31(27)41-39(29)45-23-37(47-41)35-21-9-19-33-34-20-10-22-36(44(34)49-43(33)35)38-24-46-40-30-16-6-2-12-26(30)28-14-4-8-18-32(28)42(40)48-38/h1-24H. The maximum absolute atomic E-state index is 6.83. The second-order valence-electron chi connectivity index (χ2n) is 12.6. The van der Waals surface area contributed by atoms with Gasteiger partial charge in [-0.25, -0.2) is 9.97 Å². The molecule has 0 fully saturated rings. The summed E-state index contributed by atoms with van der Waals surface area (Å²) in [5.74, 6) is 0. The van der Waals surface area contributed by atoms with Gasteiger partial charge in [-0.2, -0.15) is 0 Å². The molecule has 0 amide bonds. The lowest BCUT2D eigenvalue weighted by Gasteiger charge is -2.10. The van der Waals surface area contributed by atoms with E-state index in [1.165, 1.54) is 21.5 Å². The maximum Gasteiger partial charge on any atom is 0.144 e. The number of fused-ring (bicyclic) bond motifs is 15. The Hall–Kier alpha value is -6.72. The van der Waals surface area contributed by atoms with E-state index >= 15 is 0 Å². The lowest BCUT2D eigenvalue weighted by atomic mass is 9.99. The Morgan fingerprint density at radius 2 is 0.633 bits per heavy atom. The molecule has 0 unspecified atom stereocenters. The van der Waals surface area contributed by atoms with Gasteiger partial charge in [0.25, 0.3) is 0 Å². The first kappa shape index (κ1) is 26.4. The number of rotatable bonds is 2. The minimum absolute atomic E-state index is 0.767. The fourth-order valence-corrected chi connectivity index (χ4v) is 7.73. The Morgan fingerprint density at radius 1 is 0.306 bits per heavy atom. The number of hydrogen-bond acceptors (Lipinski definition) is 5. The third-order valence-corrected chi connectivity index (χ3v) is 9.93. The monoisotopic (exact) mass is 624 g/mol. The molecule has 0 aliphatic carbocycles. The molecule has 5 nitrogen and oxygen atoms in total. The number of benzene rings is 8. The first-order valence-electron chi connectivity index (χ1n) is 16.4. The van der Waals surface area contributed by atoms with Crippen molar-refractivity contribution in [2.45, 2.75) is 0 Å². The predicted molar refractivity (Wildman–Crippen MR) is 201 cm³/mol. The highest BCUT2D eigenvalue weighted by atomic mass is 16.3. The van der Waals surface area contributed by atoms with Crippen LogP contribution >= 0.6 is 0 Å². The lowest BCUT2D eigenvalue weighted by Crippen LogP contribution is -1.92. The molecule has 0 spiro atoms. The summed E-state index contributed by atoms with van der Waals surface area (Å²) < 4.78 is 6.83. The number of para-hydroxylation sites is 2. The summed E-state index contributed by atoms with van der Waals surface area (Å²) in [4.78, 5) is 20.6. The van der Waals surface area contributed by atoms with Crippen LogP contribution < -0.4 is 0 Å². The Morgan fingerprint density at radius 3 is 1.02 bits per heavy atom. The van der Waals surface area contributed by atoms with Crippen molar-refractivity contribution < 1.29 is 4.42 Å². The highest BCUT2D eigenvalue weighted by Gasteiger charge is 2.19. The highest BCUT2D eigenvalue weighted by molar-refractivity contribution is 6.24. The molecule has 0 atom stereocenters. The molecule has 11 rings (SSSR count). The van der Waals surface area contributed by atoms with Crippen LogP contribution in [0, 0.1) is 0 Å². The number of furan rings is 1. The van der Waals surface area contributed by atoms with Gasteiger partial charge in [0.1, 0.15) is 11.2 Å². The van der Waals surface area contributed by atoms with E-state index < -0.39 is 0 Å². The van der Waals surface area contributed by atoms with Gasteiger partial charge < -0.3 is 4.42 Å². The fraction of sp³-hybridized carbons (Fsp3) is 0. The van der Waals surface area contributed by atoms with Crippen LogP contribution in [0.2, 0.25) is 0 Å². The molecule has 11 aromatic rings. The van der Waals surface area contributed by atoms with Crippen molar-refractivity contribution in [2.75, 3.05) is 0 Å². The SMILES string of the molecule is c1cc(-c2cnc3c4ccccc4c4ccccc4c3n2)c2oc3c(-c4cnc5c6ccccc6c6ccccc6c5n4)cccc3c2c1. The van der Waals surface area contributed by atoms with E-state index in [9.17, 15) is 0 Å². The molecular formula is C44H24N4O. The van der Waals surface area contributed by atoms with Gasteiger partial charge in [0.2, 0.25) is 0 Å². The van der Waals surface area contributed by atoms with Gasteiger partial charge in [0.15, 0.2) is 0 Å². The van der Waals surface area contributed by atoms with Gasteiger partial charge in [0.05, 0.1) is 45.8 Å². The Balaban J connectivity index is 1.14. The Bertz CT molecular complexity index is 2900. The molecule has 0 aliphatic rings. The molecule has 8 aromatic carbocycles. The van der Waals surface area contributed by atoms with Gasteiger partial charge in [0, 0.05) is 43.4 Å². The molecule has 0 bridgehead atoms. The quantitative estimate of drug-likeness (QED) is 0.179. The largest absolute Gasteiger partial charge is 0.455 e. The molecule has 5 heteroatoms. The molecule has 3 heterocycles. The molecular weight excluding hydrogens is 601 g/mol. The van der Waals surface area contributed by atoms with Crippen LogP contribution in [-0.4, -0.2) is 19.9 Å². The molecule has 0 aliphatic heterocycles. The summed E-state index contributed by atoms with van der Waals surface area (Å²) in [5, 5.41) is 11.1. The summed E-state index contributed by atoms with van der Waals surface area (Å²) in [5.41, 5.74) is 8.42.